The van der Waals surface area contributed by atoms with Crippen molar-refractivity contribution < 1.29 is 9.47 Å². The Morgan fingerprint density at radius 2 is 2.05 bits per heavy atom. The lowest BCUT2D eigenvalue weighted by molar-refractivity contribution is -0.0601. The minimum Gasteiger partial charge on any atom is -0.376 e. The van der Waals surface area contributed by atoms with Gasteiger partial charge in [-0.05, 0) is 31.6 Å². The van der Waals surface area contributed by atoms with E-state index in [1.54, 1.807) is 7.11 Å². The Hall–Kier alpha value is -0.710. The van der Waals surface area contributed by atoms with E-state index in [-0.39, 0.29) is 5.60 Å². The number of nitrogens with zero attached hydrogens (tertiary/aromatic N) is 2. The molecule has 3 rings (SSSR count). The maximum Gasteiger partial charge on any atom is 0.162 e. The second-order valence-corrected chi connectivity index (χ2v) is 6.30. The molecule has 1 aromatic rings. The van der Waals surface area contributed by atoms with Crippen molar-refractivity contribution in [3.63, 3.8) is 0 Å². The standard InChI is InChI=1S/C15H21ClN2O2/c1-10-3-6-15(19-2,7-4-10)14-17-12-5-8-20-9-11(12)13(16)18-14/h10H,3-9H2,1-2H3. The fourth-order valence-electron chi connectivity index (χ4n) is 3.14. The van der Waals surface area contributed by atoms with E-state index in [4.69, 9.17) is 26.1 Å². The van der Waals surface area contributed by atoms with Crippen molar-refractivity contribution >= 4 is 11.6 Å². The molecule has 0 bridgehead atoms. The van der Waals surface area contributed by atoms with Gasteiger partial charge in [0.05, 0.1) is 18.9 Å². The molecule has 110 valence electrons. The Morgan fingerprint density at radius 1 is 1.30 bits per heavy atom. The van der Waals surface area contributed by atoms with Crippen molar-refractivity contribution in [2.45, 2.75) is 51.2 Å². The summed E-state index contributed by atoms with van der Waals surface area (Å²) in [5.74, 6) is 1.51. The molecule has 1 saturated carbocycles. The van der Waals surface area contributed by atoms with E-state index in [0.717, 1.165) is 55.1 Å². The van der Waals surface area contributed by atoms with E-state index in [1.807, 2.05) is 0 Å². The van der Waals surface area contributed by atoms with Crippen molar-refractivity contribution in [1.29, 1.82) is 0 Å². The average Bonchev–Trinajstić information content (AvgIpc) is 2.48. The molecule has 1 aromatic heterocycles. The predicted octanol–water partition coefficient (Wildman–Crippen LogP) is 3.25. The molecule has 0 amide bonds. The number of rotatable bonds is 2. The normalized spacial score (nSPS) is 30.1. The minimum atomic E-state index is -0.358. The zero-order valence-electron chi connectivity index (χ0n) is 12.1. The summed E-state index contributed by atoms with van der Waals surface area (Å²) in [6, 6.07) is 0. The third-order valence-corrected chi connectivity index (χ3v) is 4.96. The Balaban J connectivity index is 1.98. The van der Waals surface area contributed by atoms with Crippen LogP contribution >= 0.6 is 11.6 Å². The van der Waals surface area contributed by atoms with Gasteiger partial charge in [-0.3, -0.25) is 0 Å². The summed E-state index contributed by atoms with van der Waals surface area (Å²) in [6.45, 7) is 3.51. The Kier molecular flexibility index (Phi) is 3.98. The van der Waals surface area contributed by atoms with Crippen molar-refractivity contribution in [1.82, 2.24) is 9.97 Å². The molecule has 2 aliphatic rings. The van der Waals surface area contributed by atoms with E-state index in [9.17, 15) is 0 Å². The lowest BCUT2D eigenvalue weighted by Crippen LogP contribution is -2.36. The Bertz CT molecular complexity index is 499. The number of hydrogen-bond acceptors (Lipinski definition) is 4. The summed E-state index contributed by atoms with van der Waals surface area (Å²) in [6.07, 6.45) is 5.04. The largest absolute Gasteiger partial charge is 0.376 e. The van der Waals surface area contributed by atoms with Gasteiger partial charge in [-0.25, -0.2) is 9.97 Å². The molecule has 20 heavy (non-hydrogen) atoms. The maximum absolute atomic E-state index is 6.33. The molecule has 0 aromatic carbocycles. The number of halogens is 1. The van der Waals surface area contributed by atoms with E-state index in [0.29, 0.717) is 18.4 Å². The predicted molar refractivity (Wildman–Crippen MR) is 76.7 cm³/mol. The summed E-state index contributed by atoms with van der Waals surface area (Å²) >= 11 is 6.33. The van der Waals surface area contributed by atoms with Crippen molar-refractivity contribution in [2.75, 3.05) is 13.7 Å². The highest BCUT2D eigenvalue weighted by Crippen LogP contribution is 2.41. The number of hydrogen-bond donors (Lipinski definition) is 0. The summed E-state index contributed by atoms with van der Waals surface area (Å²) in [7, 11) is 1.76. The Labute approximate surface area is 124 Å². The molecular formula is C15H21ClN2O2. The summed E-state index contributed by atoms with van der Waals surface area (Å²) in [5.41, 5.74) is 1.61. The second-order valence-electron chi connectivity index (χ2n) is 5.95. The van der Waals surface area contributed by atoms with E-state index in [1.165, 1.54) is 0 Å². The SMILES string of the molecule is COC1(c2nc(Cl)c3c(n2)CCOC3)CCC(C)CC1. The third-order valence-electron chi connectivity index (χ3n) is 4.65. The topological polar surface area (TPSA) is 44.2 Å². The first-order chi connectivity index (χ1) is 9.64. The second kappa shape index (κ2) is 5.58. The van der Waals surface area contributed by atoms with Crippen LogP contribution in [0.2, 0.25) is 5.15 Å². The van der Waals surface area contributed by atoms with Crippen LogP contribution in [0, 0.1) is 5.92 Å². The maximum atomic E-state index is 6.33. The molecule has 1 aliphatic heterocycles. The van der Waals surface area contributed by atoms with Crippen molar-refractivity contribution in [2.24, 2.45) is 5.92 Å². The van der Waals surface area contributed by atoms with Crippen LogP contribution in [0.1, 0.15) is 49.7 Å². The van der Waals surface area contributed by atoms with Crippen molar-refractivity contribution in [3.8, 4) is 0 Å². The molecule has 4 nitrogen and oxygen atoms in total. The van der Waals surface area contributed by atoms with Gasteiger partial charge in [-0.2, -0.15) is 0 Å². The number of methoxy groups -OCH3 is 1. The van der Waals surface area contributed by atoms with Gasteiger partial charge in [0.15, 0.2) is 5.82 Å². The van der Waals surface area contributed by atoms with Gasteiger partial charge in [0.1, 0.15) is 10.8 Å². The van der Waals surface area contributed by atoms with Crippen molar-refractivity contribution in [3.05, 3.63) is 22.2 Å². The molecule has 1 aliphatic carbocycles. The van der Waals surface area contributed by atoms with Crippen LogP contribution in [-0.2, 0) is 28.1 Å². The fourth-order valence-corrected chi connectivity index (χ4v) is 3.39. The quantitative estimate of drug-likeness (QED) is 0.786. The molecule has 0 spiro atoms. The van der Waals surface area contributed by atoms with Crippen LogP contribution in [0.4, 0.5) is 0 Å². The molecule has 0 N–H and O–H groups in total. The van der Waals surface area contributed by atoms with Gasteiger partial charge in [-0.1, -0.05) is 18.5 Å². The van der Waals surface area contributed by atoms with Gasteiger partial charge in [0, 0.05) is 19.1 Å². The van der Waals surface area contributed by atoms with E-state index >= 15 is 0 Å². The molecule has 1 fully saturated rings. The molecule has 0 radical (unpaired) electrons. The fraction of sp³-hybridized carbons (Fsp3) is 0.733. The minimum absolute atomic E-state index is 0.358. The molecule has 0 atom stereocenters. The summed E-state index contributed by atoms with van der Waals surface area (Å²) in [4.78, 5) is 9.29. The molecule has 0 unspecified atom stereocenters. The lowest BCUT2D eigenvalue weighted by Gasteiger charge is -2.37. The highest BCUT2D eigenvalue weighted by atomic mass is 35.5. The van der Waals surface area contributed by atoms with Crippen LogP contribution < -0.4 is 0 Å². The zero-order valence-corrected chi connectivity index (χ0v) is 12.9. The molecular weight excluding hydrogens is 276 g/mol. The summed E-state index contributed by atoms with van der Waals surface area (Å²) in [5, 5.41) is 0.528. The number of fused-ring (bicyclic) bond motifs is 1. The van der Waals surface area contributed by atoms with Crippen LogP contribution in [0.5, 0.6) is 0 Å². The monoisotopic (exact) mass is 296 g/mol. The van der Waals surface area contributed by atoms with Crippen LogP contribution in [0.25, 0.3) is 0 Å². The third kappa shape index (κ3) is 2.45. The molecule has 5 heteroatoms. The number of ether oxygens (including phenoxy) is 2. The lowest BCUT2D eigenvalue weighted by atomic mass is 9.79. The Morgan fingerprint density at radius 3 is 2.75 bits per heavy atom. The first-order valence-corrected chi connectivity index (χ1v) is 7.71. The van der Waals surface area contributed by atoms with Crippen LogP contribution in [-0.4, -0.2) is 23.7 Å². The van der Waals surface area contributed by atoms with Gasteiger partial charge in [0.25, 0.3) is 0 Å². The first kappa shape index (κ1) is 14.2. The van der Waals surface area contributed by atoms with Gasteiger partial charge >= 0.3 is 0 Å². The van der Waals surface area contributed by atoms with Crippen LogP contribution in [0.15, 0.2) is 0 Å². The van der Waals surface area contributed by atoms with Gasteiger partial charge < -0.3 is 9.47 Å². The highest BCUT2D eigenvalue weighted by molar-refractivity contribution is 6.30. The molecule has 0 saturated heterocycles. The van der Waals surface area contributed by atoms with Gasteiger partial charge in [0.2, 0.25) is 0 Å². The van der Waals surface area contributed by atoms with Gasteiger partial charge in [-0.15, -0.1) is 0 Å². The highest BCUT2D eigenvalue weighted by Gasteiger charge is 2.39. The first-order valence-electron chi connectivity index (χ1n) is 7.33. The zero-order chi connectivity index (χ0) is 14.2. The summed E-state index contributed by atoms with van der Waals surface area (Å²) < 4.78 is 11.3. The van der Waals surface area contributed by atoms with E-state index < -0.39 is 0 Å². The van der Waals surface area contributed by atoms with Crippen LogP contribution in [0.3, 0.4) is 0 Å². The average molecular weight is 297 g/mol. The number of aromatic nitrogens is 2. The van der Waals surface area contributed by atoms with E-state index in [2.05, 4.69) is 11.9 Å². The molecule has 2 heterocycles. The smallest absolute Gasteiger partial charge is 0.162 e.